The number of anilines is 1. The molecule has 3 rings (SSSR count). The summed E-state index contributed by atoms with van der Waals surface area (Å²) in [6.45, 7) is 4.93. The zero-order valence-electron chi connectivity index (χ0n) is 14.0. The van der Waals surface area contributed by atoms with E-state index in [1.54, 1.807) is 18.2 Å². The molecule has 3 N–H and O–H groups in total. The van der Waals surface area contributed by atoms with Gasteiger partial charge >= 0.3 is 0 Å². The van der Waals surface area contributed by atoms with Gasteiger partial charge in [0.25, 0.3) is 5.91 Å². The highest BCUT2D eigenvalue weighted by atomic mass is 35.5. The second kappa shape index (κ2) is 8.33. The van der Waals surface area contributed by atoms with Gasteiger partial charge in [0.05, 0.1) is 12.3 Å². The summed E-state index contributed by atoms with van der Waals surface area (Å²) in [7, 11) is 0. The van der Waals surface area contributed by atoms with Crippen LogP contribution in [0.15, 0.2) is 18.2 Å². The van der Waals surface area contributed by atoms with E-state index < -0.39 is 0 Å². The molecular weight excluding hydrogens is 344 g/mol. The number of hydrogen-bond donors (Lipinski definition) is 3. The number of rotatable bonds is 7. The Labute approximate surface area is 151 Å². The second-order valence-electron chi connectivity index (χ2n) is 5.60. The third-order valence-corrected chi connectivity index (χ3v) is 4.14. The molecule has 1 amide bonds. The van der Waals surface area contributed by atoms with Crippen LogP contribution in [0.3, 0.4) is 0 Å². The highest BCUT2D eigenvalue weighted by Gasteiger charge is 2.22. The Hall–Kier alpha value is -2.09. The molecule has 2 aromatic rings. The van der Waals surface area contributed by atoms with Gasteiger partial charge in [0.2, 0.25) is 0 Å². The molecule has 0 fully saturated rings. The molecule has 0 saturated carbocycles. The molecule has 134 valence electrons. The minimum atomic E-state index is -0.293. The van der Waals surface area contributed by atoms with Gasteiger partial charge in [-0.15, -0.1) is 0 Å². The molecule has 1 aromatic heterocycles. The molecule has 0 aliphatic carbocycles. The predicted octanol–water partition coefficient (Wildman–Crippen LogP) is 2.38. The average molecular weight is 365 g/mol. The Morgan fingerprint density at radius 1 is 1.40 bits per heavy atom. The number of benzene rings is 1. The van der Waals surface area contributed by atoms with Crippen molar-refractivity contribution in [2.45, 2.75) is 19.9 Å². The van der Waals surface area contributed by atoms with Crippen molar-refractivity contribution in [1.29, 1.82) is 0 Å². The molecule has 0 bridgehead atoms. The van der Waals surface area contributed by atoms with Crippen molar-refractivity contribution in [3.8, 4) is 5.75 Å². The van der Waals surface area contributed by atoms with E-state index in [-0.39, 0.29) is 5.91 Å². The number of ether oxygens (including phenoxy) is 2. The van der Waals surface area contributed by atoms with Gasteiger partial charge in [-0.1, -0.05) is 11.6 Å². The van der Waals surface area contributed by atoms with E-state index >= 15 is 0 Å². The largest absolute Gasteiger partial charge is 0.489 e. The van der Waals surface area contributed by atoms with Crippen molar-refractivity contribution in [1.82, 2.24) is 15.5 Å². The lowest BCUT2D eigenvalue weighted by atomic mass is 10.1. The molecular formula is C17H21ClN4O3. The van der Waals surface area contributed by atoms with Crippen LogP contribution in [0.5, 0.6) is 5.75 Å². The highest BCUT2D eigenvalue weighted by molar-refractivity contribution is 6.31. The first-order valence-electron chi connectivity index (χ1n) is 8.27. The van der Waals surface area contributed by atoms with Crippen LogP contribution in [0.25, 0.3) is 0 Å². The maximum atomic E-state index is 12.6. The maximum absolute atomic E-state index is 12.6. The first-order valence-corrected chi connectivity index (χ1v) is 8.65. The molecule has 8 heteroatoms. The number of H-pyrrole nitrogens is 1. The van der Waals surface area contributed by atoms with Crippen LogP contribution in [0.2, 0.25) is 5.02 Å². The third kappa shape index (κ3) is 4.31. The van der Waals surface area contributed by atoms with Crippen LogP contribution >= 0.6 is 11.6 Å². The number of aromatic amines is 1. The number of hydrogen-bond acceptors (Lipinski definition) is 5. The fourth-order valence-corrected chi connectivity index (χ4v) is 2.85. The fraction of sp³-hybridized carbons (Fsp3) is 0.412. The third-order valence-electron chi connectivity index (χ3n) is 3.90. The first kappa shape index (κ1) is 17.7. The molecule has 0 unspecified atom stereocenters. The van der Waals surface area contributed by atoms with Crippen LogP contribution in [0.4, 0.5) is 5.69 Å². The van der Waals surface area contributed by atoms with Gasteiger partial charge in [-0.25, -0.2) is 0 Å². The Balaban J connectivity index is 1.74. The van der Waals surface area contributed by atoms with Gasteiger partial charge in [-0.05, 0) is 25.1 Å². The van der Waals surface area contributed by atoms with Gasteiger partial charge in [0.15, 0.2) is 5.69 Å². The minimum Gasteiger partial charge on any atom is -0.489 e. The van der Waals surface area contributed by atoms with Gasteiger partial charge in [0, 0.05) is 42.4 Å². The number of nitrogens with zero attached hydrogens (tertiary/aromatic N) is 1. The highest BCUT2D eigenvalue weighted by Crippen LogP contribution is 2.29. The van der Waals surface area contributed by atoms with Gasteiger partial charge in [0.1, 0.15) is 12.4 Å². The summed E-state index contributed by atoms with van der Waals surface area (Å²) < 4.78 is 10.9. The van der Waals surface area contributed by atoms with Crippen LogP contribution in [-0.2, 0) is 17.7 Å². The lowest BCUT2D eigenvalue weighted by Gasteiger charge is -2.14. The smallest absolute Gasteiger partial charge is 0.276 e. The molecule has 1 aliphatic rings. The molecule has 25 heavy (non-hydrogen) atoms. The number of halogens is 1. The summed E-state index contributed by atoms with van der Waals surface area (Å²) in [5.74, 6) is 0.248. The molecule has 1 aliphatic heterocycles. The number of aromatic nitrogens is 2. The lowest BCUT2D eigenvalue weighted by Crippen LogP contribution is -2.25. The summed E-state index contributed by atoms with van der Waals surface area (Å²) in [4.78, 5) is 12.6. The second-order valence-corrected chi connectivity index (χ2v) is 6.03. The van der Waals surface area contributed by atoms with E-state index in [9.17, 15) is 4.79 Å². The Morgan fingerprint density at radius 3 is 3.12 bits per heavy atom. The van der Waals surface area contributed by atoms with Crippen LogP contribution in [-0.4, -0.2) is 42.5 Å². The van der Waals surface area contributed by atoms with E-state index in [1.165, 1.54) is 0 Å². The van der Waals surface area contributed by atoms with Crippen molar-refractivity contribution in [3.63, 3.8) is 0 Å². The average Bonchev–Trinajstić information content (AvgIpc) is 3.04. The Kier molecular flexibility index (Phi) is 5.91. The lowest BCUT2D eigenvalue weighted by molar-refractivity contribution is 0.101. The molecule has 0 saturated heterocycles. The van der Waals surface area contributed by atoms with Crippen molar-refractivity contribution < 1.29 is 14.3 Å². The number of nitrogens with one attached hydrogen (secondary N) is 3. The summed E-state index contributed by atoms with van der Waals surface area (Å²) in [5, 5.41) is 13.7. The summed E-state index contributed by atoms with van der Waals surface area (Å²) in [5.41, 5.74) is 2.81. The summed E-state index contributed by atoms with van der Waals surface area (Å²) >= 11 is 6.06. The summed E-state index contributed by atoms with van der Waals surface area (Å²) in [6.07, 6.45) is 0.832. The summed E-state index contributed by atoms with van der Waals surface area (Å²) in [6, 6.07) is 5.10. The number of carbonyl (C=O) groups is 1. The molecule has 2 heterocycles. The van der Waals surface area contributed by atoms with Gasteiger partial charge in [-0.3, -0.25) is 9.89 Å². The number of fused-ring (bicyclic) bond motifs is 1. The number of amides is 1. The fourth-order valence-electron chi connectivity index (χ4n) is 2.68. The van der Waals surface area contributed by atoms with Crippen molar-refractivity contribution in [2.75, 3.05) is 31.7 Å². The SMILES string of the molecule is CCOCCOc1ccc(Cl)cc1NC(=O)c1n[nH]c2c1CNCC2. The minimum absolute atomic E-state index is 0.293. The normalized spacial score (nSPS) is 13.4. The number of carbonyl (C=O) groups excluding carboxylic acids is 1. The maximum Gasteiger partial charge on any atom is 0.276 e. The van der Waals surface area contributed by atoms with E-state index in [0.717, 1.165) is 24.2 Å². The van der Waals surface area contributed by atoms with Crippen molar-refractivity contribution >= 4 is 23.2 Å². The predicted molar refractivity (Wildman–Crippen MR) is 95.4 cm³/mol. The molecule has 0 atom stereocenters. The zero-order chi connectivity index (χ0) is 17.6. The standard InChI is InChI=1S/C17H21ClN4O3/c1-2-24-7-8-25-15-4-3-11(18)9-14(15)20-17(23)16-12-10-19-6-5-13(12)21-22-16/h3-4,9,19H,2,5-8,10H2,1H3,(H,20,23)(H,21,22). The van der Waals surface area contributed by atoms with Gasteiger partial charge in [-0.2, -0.15) is 5.10 Å². The molecule has 1 aromatic carbocycles. The van der Waals surface area contributed by atoms with E-state index in [2.05, 4.69) is 20.8 Å². The molecule has 0 spiro atoms. The van der Waals surface area contributed by atoms with Crippen molar-refractivity contribution in [2.24, 2.45) is 0 Å². The Morgan fingerprint density at radius 2 is 2.28 bits per heavy atom. The van der Waals surface area contributed by atoms with E-state index in [4.69, 9.17) is 21.1 Å². The Bertz CT molecular complexity index is 747. The molecule has 7 nitrogen and oxygen atoms in total. The van der Waals surface area contributed by atoms with Crippen LogP contribution < -0.4 is 15.4 Å². The zero-order valence-corrected chi connectivity index (χ0v) is 14.8. The quantitative estimate of drug-likeness (QED) is 0.656. The van der Waals surface area contributed by atoms with E-state index in [1.807, 2.05) is 6.92 Å². The topological polar surface area (TPSA) is 88.3 Å². The monoisotopic (exact) mass is 364 g/mol. The molecule has 0 radical (unpaired) electrons. The van der Waals surface area contributed by atoms with Crippen LogP contribution in [0.1, 0.15) is 28.7 Å². The van der Waals surface area contributed by atoms with Gasteiger partial charge < -0.3 is 20.1 Å². The van der Waals surface area contributed by atoms with Crippen molar-refractivity contribution in [3.05, 3.63) is 40.2 Å². The van der Waals surface area contributed by atoms with E-state index in [0.29, 0.717) is 48.5 Å². The first-order chi connectivity index (χ1) is 12.2. The van der Waals surface area contributed by atoms with Crippen LogP contribution in [0, 0.1) is 0 Å².